The molecule has 0 bridgehead atoms. The fourth-order valence-corrected chi connectivity index (χ4v) is 8.53. The normalized spacial score (nSPS) is 23.8. The zero-order valence-corrected chi connectivity index (χ0v) is 26.7. The van der Waals surface area contributed by atoms with Crippen LogP contribution in [0.5, 0.6) is 0 Å². The molecule has 1 saturated heterocycles. The number of carbonyl (C=O) groups is 2. The lowest BCUT2D eigenvalue weighted by Gasteiger charge is -2.34. The van der Waals surface area contributed by atoms with Crippen molar-refractivity contribution in [1.82, 2.24) is 9.62 Å². The highest BCUT2D eigenvalue weighted by Gasteiger charge is 2.48. The first-order chi connectivity index (χ1) is 19.4. The van der Waals surface area contributed by atoms with Crippen molar-refractivity contribution >= 4 is 27.5 Å². The molecule has 1 amide bonds. The van der Waals surface area contributed by atoms with E-state index in [0.29, 0.717) is 50.6 Å². The zero-order valence-electron chi connectivity index (χ0n) is 25.9. The smallest absolute Gasteiger partial charge is 0.253 e. The number of aryl methyl sites for hydroxylation is 2. The highest BCUT2D eigenvalue weighted by Crippen LogP contribution is 2.36. The molecule has 1 spiro atoms. The van der Waals surface area contributed by atoms with Crippen LogP contribution in [0.25, 0.3) is 0 Å². The summed E-state index contributed by atoms with van der Waals surface area (Å²) in [5.41, 5.74) is 3.92. The minimum Gasteiger partial charge on any atom is -0.312 e. The molecule has 7 nitrogen and oxygen atoms in total. The molecule has 3 aliphatic rings. The van der Waals surface area contributed by atoms with Crippen LogP contribution >= 0.6 is 0 Å². The van der Waals surface area contributed by atoms with Gasteiger partial charge in [-0.05, 0) is 99.8 Å². The Balaban J connectivity index is 1.30. The number of hydrogen-bond donors (Lipinski definition) is 1. The average Bonchev–Trinajstić information content (AvgIpc) is 3.21. The van der Waals surface area contributed by atoms with Gasteiger partial charge in [0.15, 0.2) is 0 Å². The molecule has 1 N–H and O–H groups in total. The molecule has 1 aliphatic carbocycles. The molecule has 2 fully saturated rings. The molecule has 2 heterocycles. The highest BCUT2D eigenvalue weighted by atomic mass is 32.2. The Hall–Kier alpha value is -2.06. The molecule has 1 saturated carbocycles. The Morgan fingerprint density at radius 2 is 1.73 bits per heavy atom. The third-order valence-electron chi connectivity index (χ3n) is 9.77. The first-order valence-electron chi connectivity index (χ1n) is 15.9. The molecule has 4 rings (SSSR count). The summed E-state index contributed by atoms with van der Waals surface area (Å²) in [5.74, 6) is 2.75. The lowest BCUT2D eigenvalue weighted by atomic mass is 9.82. The third-order valence-corrected chi connectivity index (χ3v) is 11.6. The van der Waals surface area contributed by atoms with E-state index in [0.717, 1.165) is 67.0 Å². The molecule has 0 aromatic heterocycles. The molecule has 1 aromatic carbocycles. The Labute approximate surface area is 248 Å². The van der Waals surface area contributed by atoms with Crippen molar-refractivity contribution in [3.05, 3.63) is 34.4 Å². The lowest BCUT2D eigenvalue weighted by molar-refractivity contribution is -0.125. The van der Waals surface area contributed by atoms with Crippen molar-refractivity contribution in [2.24, 2.45) is 22.7 Å². The van der Waals surface area contributed by atoms with Gasteiger partial charge >= 0.3 is 0 Å². The SMILES string of the molecule is CC(=O)CCCC[C@H](C)Cc1cc(C)c(CCS(=O)(=O)N2CCC3(CC2)N=C(C2CCC(C)CC2)NC3=O)c(C)c1. The molecule has 228 valence electrons. The van der Waals surface area contributed by atoms with Gasteiger partial charge in [-0.15, -0.1) is 0 Å². The summed E-state index contributed by atoms with van der Waals surface area (Å²) < 4.78 is 28.3. The van der Waals surface area contributed by atoms with Crippen molar-refractivity contribution in [1.29, 1.82) is 0 Å². The maximum Gasteiger partial charge on any atom is 0.253 e. The van der Waals surface area contributed by atoms with Crippen molar-refractivity contribution in [2.75, 3.05) is 18.8 Å². The van der Waals surface area contributed by atoms with Gasteiger partial charge in [0.2, 0.25) is 10.0 Å². The first kappa shape index (κ1) is 31.9. The largest absolute Gasteiger partial charge is 0.312 e. The number of hydrogen-bond acceptors (Lipinski definition) is 5. The van der Waals surface area contributed by atoms with Gasteiger partial charge in [0.1, 0.15) is 17.2 Å². The molecule has 0 unspecified atom stereocenters. The second kappa shape index (κ2) is 13.5. The molecule has 1 aromatic rings. The summed E-state index contributed by atoms with van der Waals surface area (Å²) in [6, 6.07) is 4.43. The van der Waals surface area contributed by atoms with Gasteiger partial charge < -0.3 is 10.1 Å². The number of amidine groups is 1. The predicted molar refractivity (Wildman–Crippen MR) is 166 cm³/mol. The summed E-state index contributed by atoms with van der Waals surface area (Å²) in [6.45, 7) is 11.1. The topological polar surface area (TPSA) is 95.9 Å². The van der Waals surface area contributed by atoms with Crippen molar-refractivity contribution in [2.45, 2.75) is 117 Å². The first-order valence-corrected chi connectivity index (χ1v) is 17.5. The van der Waals surface area contributed by atoms with Crippen LogP contribution < -0.4 is 5.32 Å². The number of nitrogens with zero attached hydrogens (tertiary/aromatic N) is 2. The van der Waals surface area contributed by atoms with Gasteiger partial charge in [0, 0.05) is 25.4 Å². The monoisotopic (exact) mass is 585 g/mol. The van der Waals surface area contributed by atoms with Gasteiger partial charge in [0.05, 0.1) is 5.75 Å². The lowest BCUT2D eigenvalue weighted by Crippen LogP contribution is -2.51. The maximum atomic E-state index is 13.4. The van der Waals surface area contributed by atoms with E-state index < -0.39 is 15.6 Å². The fourth-order valence-electron chi connectivity index (χ4n) is 7.07. The zero-order chi connectivity index (χ0) is 29.8. The minimum absolute atomic E-state index is 0.0418. The van der Waals surface area contributed by atoms with E-state index in [1.807, 2.05) is 0 Å². The molecular weight excluding hydrogens is 534 g/mol. The van der Waals surface area contributed by atoms with Crippen molar-refractivity contribution < 1.29 is 18.0 Å². The number of rotatable bonds is 12. The van der Waals surface area contributed by atoms with E-state index in [1.165, 1.54) is 18.4 Å². The van der Waals surface area contributed by atoms with E-state index in [1.54, 1.807) is 11.2 Å². The van der Waals surface area contributed by atoms with Crippen molar-refractivity contribution in [3.63, 3.8) is 0 Å². The number of unbranched alkanes of at least 4 members (excludes halogenated alkanes) is 1. The van der Waals surface area contributed by atoms with Gasteiger partial charge in [0.25, 0.3) is 5.91 Å². The van der Waals surface area contributed by atoms with Crippen LogP contribution in [0, 0.1) is 31.6 Å². The van der Waals surface area contributed by atoms with E-state index in [-0.39, 0.29) is 17.4 Å². The summed E-state index contributed by atoms with van der Waals surface area (Å²) in [6.07, 6.45) is 10.7. The molecule has 8 heteroatoms. The summed E-state index contributed by atoms with van der Waals surface area (Å²) in [4.78, 5) is 29.1. The van der Waals surface area contributed by atoms with Crippen LogP contribution in [-0.4, -0.2) is 54.6 Å². The molecule has 2 aliphatic heterocycles. The van der Waals surface area contributed by atoms with Gasteiger partial charge in [-0.25, -0.2) is 12.7 Å². The van der Waals surface area contributed by atoms with E-state index in [9.17, 15) is 18.0 Å². The molecule has 1 atom stereocenters. The van der Waals surface area contributed by atoms with Crippen LogP contribution in [0.15, 0.2) is 17.1 Å². The number of carbonyl (C=O) groups excluding carboxylic acids is 2. The summed E-state index contributed by atoms with van der Waals surface area (Å²) in [7, 11) is -3.44. The number of ketones is 1. The molecule has 0 radical (unpaired) electrons. The standard InChI is InChI=1S/C33H51N3O4S/c1-23-10-12-29(13-11-23)31-34-32(38)33(35-31)15-17-36(18-16-33)41(39,40)19-14-30-25(3)21-28(22-26(30)4)20-24(2)8-6-7-9-27(5)37/h21-24,29H,6-20H2,1-5H3,(H,34,35,38)/t23?,24-,29?/m0/s1. The van der Waals surface area contributed by atoms with Gasteiger partial charge in [-0.3, -0.25) is 9.79 Å². The summed E-state index contributed by atoms with van der Waals surface area (Å²) >= 11 is 0. The number of amides is 1. The Morgan fingerprint density at radius 1 is 1.10 bits per heavy atom. The number of benzene rings is 1. The quantitative estimate of drug-likeness (QED) is 0.319. The van der Waals surface area contributed by atoms with Crippen LogP contribution in [0.1, 0.15) is 107 Å². The Morgan fingerprint density at radius 3 is 2.34 bits per heavy atom. The molecular formula is C33H51N3O4S. The Bertz CT molecular complexity index is 1220. The number of sulfonamides is 1. The van der Waals surface area contributed by atoms with Crippen molar-refractivity contribution in [3.8, 4) is 0 Å². The second-order valence-corrected chi connectivity index (χ2v) is 15.5. The van der Waals surface area contributed by atoms with E-state index >= 15 is 0 Å². The van der Waals surface area contributed by atoms with Crippen LogP contribution in [0.2, 0.25) is 0 Å². The summed E-state index contributed by atoms with van der Waals surface area (Å²) in [5, 5.41) is 3.08. The second-order valence-electron chi connectivity index (χ2n) is 13.4. The van der Waals surface area contributed by atoms with Crippen LogP contribution in [-0.2, 0) is 32.5 Å². The third kappa shape index (κ3) is 8.07. The fraction of sp³-hybridized carbons (Fsp3) is 0.727. The number of Topliss-reactive ketones (excluding diaryl/α,β-unsaturated/α-hetero) is 1. The van der Waals surface area contributed by atoms with Crippen LogP contribution in [0.4, 0.5) is 0 Å². The highest BCUT2D eigenvalue weighted by molar-refractivity contribution is 7.89. The minimum atomic E-state index is -3.44. The number of piperidine rings is 1. The predicted octanol–water partition coefficient (Wildman–Crippen LogP) is 5.69. The van der Waals surface area contributed by atoms with Crippen LogP contribution in [0.3, 0.4) is 0 Å². The Kier molecular flexibility index (Phi) is 10.5. The maximum absolute atomic E-state index is 13.4. The molecule has 41 heavy (non-hydrogen) atoms. The number of nitrogens with one attached hydrogen (secondary N) is 1. The van der Waals surface area contributed by atoms with E-state index in [2.05, 4.69) is 45.1 Å². The van der Waals surface area contributed by atoms with E-state index in [4.69, 9.17) is 4.99 Å². The number of aliphatic imine (C=N–C) groups is 1. The average molecular weight is 586 g/mol. The van der Waals surface area contributed by atoms with Gasteiger partial charge in [-0.1, -0.05) is 51.7 Å². The van der Waals surface area contributed by atoms with Gasteiger partial charge in [-0.2, -0.15) is 0 Å².